The summed E-state index contributed by atoms with van der Waals surface area (Å²) in [5, 5.41) is 0.845. The second-order valence-corrected chi connectivity index (χ2v) is 4.98. The fourth-order valence-electron chi connectivity index (χ4n) is 2.35. The fraction of sp³-hybridized carbons (Fsp3) is 0.0588. The average Bonchev–Trinajstić information content (AvgIpc) is 2.90. The van der Waals surface area contributed by atoms with Gasteiger partial charge in [0.1, 0.15) is 16.7 Å². The summed E-state index contributed by atoms with van der Waals surface area (Å²) in [4.78, 5) is 16.5. The lowest BCUT2D eigenvalue weighted by Crippen LogP contribution is -2.02. The number of para-hydroxylation sites is 2. The molecular weight excluding hydrogens is 266 g/mol. The average molecular weight is 277 g/mol. The number of aryl methyl sites for hydroxylation is 1. The van der Waals surface area contributed by atoms with Crippen LogP contribution in [0, 0.1) is 6.92 Å². The van der Waals surface area contributed by atoms with Crippen LogP contribution in [-0.2, 0) is 0 Å². The zero-order chi connectivity index (χ0) is 14.4. The van der Waals surface area contributed by atoms with E-state index in [-0.39, 0.29) is 5.89 Å². The lowest BCUT2D eigenvalue weighted by Gasteiger charge is -2.00. The van der Waals surface area contributed by atoms with E-state index >= 15 is 0 Å². The number of hydrogen-bond donors (Lipinski definition) is 0. The van der Waals surface area contributed by atoms with Crippen molar-refractivity contribution in [1.29, 1.82) is 0 Å². The van der Waals surface area contributed by atoms with E-state index in [2.05, 4.69) is 4.98 Å². The van der Waals surface area contributed by atoms with Gasteiger partial charge in [-0.25, -0.2) is 9.78 Å². The molecule has 4 nitrogen and oxygen atoms in total. The minimum atomic E-state index is -0.445. The van der Waals surface area contributed by atoms with Crippen LogP contribution in [0.4, 0.5) is 0 Å². The molecule has 102 valence electrons. The number of nitrogens with zero attached hydrogens (tertiary/aromatic N) is 1. The summed E-state index contributed by atoms with van der Waals surface area (Å²) in [5.74, 6) is 0.285. The summed E-state index contributed by atoms with van der Waals surface area (Å²) in [7, 11) is 0. The van der Waals surface area contributed by atoms with Crippen LogP contribution in [0.5, 0.6) is 0 Å². The van der Waals surface area contributed by atoms with Crippen molar-refractivity contribution in [3.8, 4) is 11.5 Å². The molecule has 0 spiro atoms. The van der Waals surface area contributed by atoms with E-state index in [1.54, 1.807) is 6.07 Å². The first-order valence-electron chi connectivity index (χ1n) is 6.61. The molecule has 0 amide bonds. The smallest absolute Gasteiger partial charge is 0.349 e. The lowest BCUT2D eigenvalue weighted by molar-refractivity contribution is 0.553. The van der Waals surface area contributed by atoms with Crippen LogP contribution in [0.15, 0.2) is 62.2 Å². The van der Waals surface area contributed by atoms with Gasteiger partial charge in [0, 0.05) is 5.39 Å². The fourth-order valence-corrected chi connectivity index (χ4v) is 2.35. The Kier molecular flexibility index (Phi) is 2.44. The lowest BCUT2D eigenvalue weighted by atomic mass is 10.1. The Morgan fingerprint density at radius 1 is 0.952 bits per heavy atom. The van der Waals surface area contributed by atoms with E-state index in [4.69, 9.17) is 8.83 Å². The van der Waals surface area contributed by atoms with Gasteiger partial charge in [0.25, 0.3) is 0 Å². The van der Waals surface area contributed by atoms with Crippen LogP contribution in [0.3, 0.4) is 0 Å². The molecule has 0 fully saturated rings. The molecule has 0 radical (unpaired) electrons. The molecule has 2 aromatic heterocycles. The number of aromatic nitrogens is 1. The van der Waals surface area contributed by atoms with E-state index in [9.17, 15) is 4.79 Å². The normalized spacial score (nSPS) is 11.3. The van der Waals surface area contributed by atoms with Crippen LogP contribution in [0.25, 0.3) is 33.5 Å². The Labute approximate surface area is 119 Å². The summed E-state index contributed by atoms with van der Waals surface area (Å²) < 4.78 is 11.0. The van der Waals surface area contributed by atoms with Crippen molar-refractivity contribution in [2.45, 2.75) is 6.92 Å². The van der Waals surface area contributed by atoms with Crippen molar-refractivity contribution in [3.63, 3.8) is 0 Å². The largest absolute Gasteiger partial charge is 0.436 e. The Hall–Kier alpha value is -2.88. The van der Waals surface area contributed by atoms with Gasteiger partial charge in [-0.2, -0.15) is 0 Å². The highest BCUT2D eigenvalue weighted by Crippen LogP contribution is 2.24. The van der Waals surface area contributed by atoms with Crippen molar-refractivity contribution in [3.05, 3.63) is 64.5 Å². The first-order valence-corrected chi connectivity index (χ1v) is 6.61. The minimum absolute atomic E-state index is 0.285. The predicted molar refractivity (Wildman–Crippen MR) is 80.2 cm³/mol. The maximum absolute atomic E-state index is 12.2. The Morgan fingerprint density at radius 2 is 1.81 bits per heavy atom. The van der Waals surface area contributed by atoms with Crippen LogP contribution >= 0.6 is 0 Å². The summed E-state index contributed by atoms with van der Waals surface area (Å²) >= 11 is 0. The number of benzene rings is 2. The monoisotopic (exact) mass is 277 g/mol. The van der Waals surface area contributed by atoms with Gasteiger partial charge >= 0.3 is 5.63 Å². The van der Waals surface area contributed by atoms with Gasteiger partial charge in [0.2, 0.25) is 5.89 Å². The quantitative estimate of drug-likeness (QED) is 0.495. The summed E-state index contributed by atoms with van der Waals surface area (Å²) in [5.41, 5.74) is 2.87. The highest BCUT2D eigenvalue weighted by atomic mass is 16.4. The second kappa shape index (κ2) is 4.31. The molecule has 0 N–H and O–H groups in total. The minimum Gasteiger partial charge on any atom is -0.436 e. The van der Waals surface area contributed by atoms with Crippen molar-refractivity contribution in [1.82, 2.24) is 4.98 Å². The third-order valence-corrected chi connectivity index (χ3v) is 3.42. The SMILES string of the molecule is Cc1ccc2cc(-c3nc4ccccc4o3)c(=O)oc2c1. The summed E-state index contributed by atoms with van der Waals surface area (Å²) in [6.07, 6.45) is 0. The molecular formula is C17H11NO3. The summed E-state index contributed by atoms with van der Waals surface area (Å²) in [6.45, 7) is 1.95. The standard InChI is InChI=1S/C17H11NO3/c1-10-6-7-11-9-12(17(19)21-15(11)8-10)16-18-13-4-2-3-5-14(13)20-16/h2-9H,1H3. The molecule has 0 saturated carbocycles. The van der Waals surface area contributed by atoms with Crippen LogP contribution in [0.2, 0.25) is 0 Å². The molecule has 0 saturated heterocycles. The first-order chi connectivity index (χ1) is 10.2. The maximum Gasteiger partial charge on any atom is 0.349 e. The van der Waals surface area contributed by atoms with Crippen molar-refractivity contribution in [2.24, 2.45) is 0 Å². The summed E-state index contributed by atoms with van der Waals surface area (Å²) in [6, 6.07) is 14.9. The Bertz CT molecular complexity index is 994. The van der Waals surface area contributed by atoms with Gasteiger partial charge in [-0.3, -0.25) is 0 Å². The van der Waals surface area contributed by atoms with E-state index in [1.165, 1.54) is 0 Å². The first kappa shape index (κ1) is 11.9. The Balaban J connectivity index is 1.99. The van der Waals surface area contributed by atoms with Crippen LogP contribution in [-0.4, -0.2) is 4.98 Å². The molecule has 0 unspecified atom stereocenters. The molecule has 4 heteroatoms. The number of oxazole rings is 1. The third kappa shape index (κ3) is 1.92. The predicted octanol–water partition coefficient (Wildman–Crippen LogP) is 3.91. The molecule has 0 aliphatic carbocycles. The molecule has 4 aromatic rings. The highest BCUT2D eigenvalue weighted by Gasteiger charge is 2.14. The highest BCUT2D eigenvalue weighted by molar-refractivity contribution is 5.82. The topological polar surface area (TPSA) is 56.2 Å². The van der Waals surface area contributed by atoms with Gasteiger partial charge < -0.3 is 8.83 Å². The number of hydrogen-bond acceptors (Lipinski definition) is 4. The molecule has 2 aromatic carbocycles. The number of rotatable bonds is 1. The van der Waals surface area contributed by atoms with Gasteiger partial charge in [-0.1, -0.05) is 24.3 Å². The Morgan fingerprint density at radius 3 is 2.67 bits per heavy atom. The molecule has 2 heterocycles. The molecule has 0 aliphatic rings. The van der Waals surface area contributed by atoms with Gasteiger partial charge in [0.15, 0.2) is 5.58 Å². The van der Waals surface area contributed by atoms with Gasteiger partial charge in [0.05, 0.1) is 0 Å². The van der Waals surface area contributed by atoms with E-state index in [1.807, 2.05) is 49.4 Å². The van der Waals surface area contributed by atoms with Crippen molar-refractivity contribution in [2.75, 3.05) is 0 Å². The van der Waals surface area contributed by atoms with E-state index in [0.29, 0.717) is 16.7 Å². The van der Waals surface area contributed by atoms with E-state index < -0.39 is 5.63 Å². The third-order valence-electron chi connectivity index (χ3n) is 3.42. The van der Waals surface area contributed by atoms with E-state index in [0.717, 1.165) is 16.5 Å². The second-order valence-electron chi connectivity index (χ2n) is 4.98. The zero-order valence-electron chi connectivity index (χ0n) is 11.3. The molecule has 0 atom stereocenters. The zero-order valence-corrected chi connectivity index (χ0v) is 11.3. The van der Waals surface area contributed by atoms with Crippen LogP contribution in [0.1, 0.15) is 5.56 Å². The van der Waals surface area contributed by atoms with Gasteiger partial charge in [-0.05, 0) is 36.8 Å². The maximum atomic E-state index is 12.2. The van der Waals surface area contributed by atoms with Crippen molar-refractivity contribution >= 4 is 22.1 Å². The van der Waals surface area contributed by atoms with Crippen molar-refractivity contribution < 1.29 is 8.83 Å². The molecule has 0 bridgehead atoms. The number of fused-ring (bicyclic) bond motifs is 2. The molecule has 4 rings (SSSR count). The molecule has 21 heavy (non-hydrogen) atoms. The van der Waals surface area contributed by atoms with Crippen LogP contribution < -0.4 is 5.63 Å². The van der Waals surface area contributed by atoms with Gasteiger partial charge in [-0.15, -0.1) is 0 Å². The molecule has 0 aliphatic heterocycles.